The Labute approximate surface area is 229 Å². The monoisotopic (exact) mass is 561 g/mol. The molecule has 2 atom stereocenters. The Balaban J connectivity index is 0.00000168. The van der Waals surface area contributed by atoms with Crippen LogP contribution in [0.4, 0.5) is 0 Å². The van der Waals surface area contributed by atoms with Crippen LogP contribution in [0.1, 0.15) is 17.0 Å². The van der Waals surface area contributed by atoms with Crippen molar-refractivity contribution >= 4 is 36.0 Å². The Morgan fingerprint density at radius 2 is 1.95 bits per heavy atom. The lowest BCUT2D eigenvalue weighted by molar-refractivity contribution is 0.117. The number of nitrogens with one attached hydrogen (secondary N) is 1. The number of nitrogens with zero attached hydrogens (tertiary/aromatic N) is 6. The van der Waals surface area contributed by atoms with E-state index < -0.39 is 6.10 Å². The molecule has 1 aliphatic carbocycles. The Hall–Kier alpha value is -3.58. The summed E-state index contributed by atoms with van der Waals surface area (Å²) < 4.78 is 17.7. The number of aliphatic hydroxyl groups is 1. The van der Waals surface area contributed by atoms with Crippen molar-refractivity contribution < 1.29 is 19.3 Å². The summed E-state index contributed by atoms with van der Waals surface area (Å²) in [5.41, 5.74) is 3.56. The fourth-order valence-corrected chi connectivity index (χ4v) is 4.48. The average molecular weight is 562 g/mol. The van der Waals surface area contributed by atoms with Crippen LogP contribution >= 0.6 is 24.8 Å². The van der Waals surface area contributed by atoms with Gasteiger partial charge in [-0.3, -0.25) is 14.3 Å². The second-order valence-electron chi connectivity index (χ2n) is 8.59. The molecular weight excluding hydrogens is 537 g/mol. The molecule has 2 unspecified atom stereocenters. The van der Waals surface area contributed by atoms with Crippen molar-refractivity contribution in [3.63, 3.8) is 0 Å². The van der Waals surface area contributed by atoms with Crippen LogP contribution in [-0.4, -0.2) is 67.3 Å². The van der Waals surface area contributed by atoms with Crippen LogP contribution in [0.2, 0.25) is 0 Å². The van der Waals surface area contributed by atoms with E-state index in [1.54, 1.807) is 24.4 Å². The van der Waals surface area contributed by atoms with Gasteiger partial charge >= 0.3 is 0 Å². The average Bonchev–Trinajstić information content (AvgIpc) is 2.91. The van der Waals surface area contributed by atoms with Gasteiger partial charge in [0, 0.05) is 43.3 Å². The Kier molecular flexibility index (Phi) is 8.26. The van der Waals surface area contributed by atoms with Gasteiger partial charge in [-0.1, -0.05) is 0 Å². The molecule has 0 radical (unpaired) electrons. The van der Waals surface area contributed by atoms with E-state index >= 15 is 0 Å². The highest BCUT2D eigenvalue weighted by Gasteiger charge is 2.28. The molecule has 5 heterocycles. The molecule has 4 aromatic heterocycles. The molecule has 0 aromatic carbocycles. The maximum Gasteiger partial charge on any atom is 0.276 e. The molecule has 0 fully saturated rings. The molecule has 2 aliphatic rings. The fourth-order valence-electron chi connectivity index (χ4n) is 4.48. The van der Waals surface area contributed by atoms with Gasteiger partial charge in [0.1, 0.15) is 18.7 Å². The molecule has 0 bridgehead atoms. The van der Waals surface area contributed by atoms with Gasteiger partial charge < -0.3 is 24.6 Å². The number of halogens is 2. The summed E-state index contributed by atoms with van der Waals surface area (Å²) in [5, 5.41) is 22.4. The molecular formula is C24H25Cl2N7O5. The van der Waals surface area contributed by atoms with Crippen LogP contribution in [0.5, 0.6) is 17.5 Å². The molecule has 2 N–H and O–H groups in total. The summed E-state index contributed by atoms with van der Waals surface area (Å²) in [6, 6.07) is 6.88. The van der Waals surface area contributed by atoms with Gasteiger partial charge in [-0.25, -0.2) is 4.98 Å². The molecule has 0 saturated heterocycles. The Bertz CT molecular complexity index is 1520. The van der Waals surface area contributed by atoms with Crippen LogP contribution in [0.15, 0.2) is 41.5 Å². The normalized spacial score (nSPS) is 17.6. The van der Waals surface area contributed by atoms with Crippen molar-refractivity contribution in [2.75, 3.05) is 20.3 Å². The quantitative estimate of drug-likeness (QED) is 0.362. The summed E-state index contributed by atoms with van der Waals surface area (Å²) in [6.45, 7) is 1.34. The topological polar surface area (TPSA) is 146 Å². The standard InChI is InChI=1S/C24H23N7O5.2ClH/c1-34-21-3-2-16-23(28-21)31(22(33)12-27-16)15-6-13-7-19(32)18(9-17(13)26-11-15)25-10-14-8-20-24(30-29-14)36-5-4-35-20;;/h2-3,6,8,11-12,18-19,25,32H,4-5,7,9-10H2,1H3;2*1H. The van der Waals surface area contributed by atoms with E-state index in [1.165, 1.54) is 17.9 Å². The molecule has 14 heteroatoms. The predicted molar refractivity (Wildman–Crippen MR) is 141 cm³/mol. The molecule has 200 valence electrons. The highest BCUT2D eigenvalue weighted by Crippen LogP contribution is 2.27. The first-order valence-electron chi connectivity index (χ1n) is 11.5. The fraction of sp³-hybridized carbons (Fsp3) is 0.333. The first kappa shape index (κ1) is 27.5. The lowest BCUT2D eigenvalue weighted by Crippen LogP contribution is -2.45. The lowest BCUT2D eigenvalue weighted by atomic mass is 9.89. The van der Waals surface area contributed by atoms with Crippen LogP contribution in [0.25, 0.3) is 16.9 Å². The molecule has 0 saturated carbocycles. The number of aromatic nitrogens is 6. The SMILES string of the molecule is COc1ccc2ncc(=O)n(-c3cnc4c(c3)CC(O)C(NCc3cc5c(nn3)OCCO5)C4)c2n1.Cl.Cl. The maximum absolute atomic E-state index is 12.7. The van der Waals surface area contributed by atoms with Crippen molar-refractivity contribution in [2.24, 2.45) is 0 Å². The third-order valence-electron chi connectivity index (χ3n) is 6.30. The van der Waals surface area contributed by atoms with Gasteiger partial charge in [-0.2, -0.15) is 10.1 Å². The van der Waals surface area contributed by atoms with Gasteiger partial charge in [0.15, 0.2) is 11.4 Å². The van der Waals surface area contributed by atoms with Crippen molar-refractivity contribution in [3.8, 4) is 23.2 Å². The van der Waals surface area contributed by atoms with Gasteiger partial charge in [0.05, 0.1) is 37.0 Å². The maximum atomic E-state index is 12.7. The molecule has 38 heavy (non-hydrogen) atoms. The van der Waals surface area contributed by atoms with Crippen molar-refractivity contribution in [1.29, 1.82) is 0 Å². The first-order chi connectivity index (χ1) is 17.6. The number of rotatable bonds is 5. The third-order valence-corrected chi connectivity index (χ3v) is 6.30. The zero-order valence-corrected chi connectivity index (χ0v) is 21.9. The van der Waals surface area contributed by atoms with E-state index in [-0.39, 0.29) is 36.4 Å². The molecule has 0 spiro atoms. The minimum Gasteiger partial charge on any atom is -0.484 e. The Morgan fingerprint density at radius 3 is 2.79 bits per heavy atom. The number of hydrogen-bond acceptors (Lipinski definition) is 11. The van der Waals surface area contributed by atoms with Crippen LogP contribution in [0, 0.1) is 0 Å². The molecule has 1 aliphatic heterocycles. The number of fused-ring (bicyclic) bond motifs is 3. The van der Waals surface area contributed by atoms with Crippen LogP contribution in [0.3, 0.4) is 0 Å². The smallest absolute Gasteiger partial charge is 0.276 e. The molecule has 6 rings (SSSR count). The van der Waals surface area contributed by atoms with Gasteiger partial charge in [-0.15, -0.1) is 29.9 Å². The second kappa shape index (κ2) is 11.4. The number of hydrogen-bond donors (Lipinski definition) is 2. The molecule has 4 aromatic rings. The highest BCUT2D eigenvalue weighted by molar-refractivity contribution is 5.85. The van der Waals surface area contributed by atoms with E-state index in [0.717, 1.165) is 11.3 Å². The number of pyridine rings is 2. The van der Waals surface area contributed by atoms with Crippen molar-refractivity contribution in [1.82, 2.24) is 35.0 Å². The predicted octanol–water partition coefficient (Wildman–Crippen LogP) is 1.21. The highest BCUT2D eigenvalue weighted by atomic mass is 35.5. The van der Waals surface area contributed by atoms with Gasteiger partial charge in [0.25, 0.3) is 11.4 Å². The van der Waals surface area contributed by atoms with Gasteiger partial charge in [0.2, 0.25) is 5.88 Å². The van der Waals surface area contributed by atoms with E-state index in [4.69, 9.17) is 14.2 Å². The van der Waals surface area contributed by atoms with Crippen LogP contribution < -0.4 is 25.1 Å². The summed E-state index contributed by atoms with van der Waals surface area (Å²) in [6.07, 6.45) is 3.15. The minimum absolute atomic E-state index is 0. The van der Waals surface area contributed by atoms with Crippen molar-refractivity contribution in [2.45, 2.75) is 31.5 Å². The number of ether oxygens (including phenoxy) is 3. The van der Waals surface area contributed by atoms with Gasteiger partial charge in [-0.05, 0) is 17.7 Å². The lowest BCUT2D eigenvalue weighted by Gasteiger charge is -2.30. The Morgan fingerprint density at radius 1 is 1.11 bits per heavy atom. The van der Waals surface area contributed by atoms with Crippen LogP contribution in [-0.2, 0) is 19.4 Å². The summed E-state index contributed by atoms with van der Waals surface area (Å²) >= 11 is 0. The second-order valence-corrected chi connectivity index (χ2v) is 8.59. The number of aliphatic hydroxyl groups excluding tert-OH is 1. The molecule has 12 nitrogen and oxygen atoms in total. The number of methoxy groups -OCH3 is 1. The van der Waals surface area contributed by atoms with E-state index in [0.29, 0.717) is 72.7 Å². The molecule has 0 amide bonds. The summed E-state index contributed by atoms with van der Waals surface area (Å²) in [5.74, 6) is 1.34. The minimum atomic E-state index is -0.649. The van der Waals surface area contributed by atoms with E-state index in [1.807, 2.05) is 6.07 Å². The summed E-state index contributed by atoms with van der Waals surface area (Å²) in [4.78, 5) is 26.0. The zero-order valence-electron chi connectivity index (χ0n) is 20.2. The summed E-state index contributed by atoms with van der Waals surface area (Å²) in [7, 11) is 1.51. The van der Waals surface area contributed by atoms with Crippen molar-refractivity contribution in [3.05, 3.63) is 64.0 Å². The first-order valence-corrected chi connectivity index (χ1v) is 11.5. The zero-order chi connectivity index (χ0) is 24.6. The third kappa shape index (κ3) is 5.20. The van der Waals surface area contributed by atoms with E-state index in [2.05, 4.69) is 30.5 Å². The largest absolute Gasteiger partial charge is 0.484 e. The van der Waals surface area contributed by atoms with E-state index in [9.17, 15) is 9.90 Å².